The zero-order chi connectivity index (χ0) is 13.6. The van der Waals surface area contributed by atoms with Gasteiger partial charge in [-0.2, -0.15) is 0 Å². The second-order valence-electron chi connectivity index (χ2n) is 6.68. The predicted molar refractivity (Wildman–Crippen MR) is 81.1 cm³/mol. The van der Waals surface area contributed by atoms with Crippen LogP contribution in [0.1, 0.15) is 42.0 Å². The Kier molecular flexibility index (Phi) is 3.11. The lowest BCUT2D eigenvalue weighted by atomic mass is 9.85. The number of hydrogen-bond acceptors (Lipinski definition) is 3. The van der Waals surface area contributed by atoms with Crippen LogP contribution in [-0.2, 0) is 11.2 Å². The molecule has 1 N–H and O–H groups in total. The van der Waals surface area contributed by atoms with E-state index >= 15 is 0 Å². The Hall–Kier alpha value is -0.870. The Morgan fingerprint density at radius 1 is 1.45 bits per heavy atom. The van der Waals surface area contributed by atoms with Crippen molar-refractivity contribution in [3.8, 4) is 0 Å². The van der Waals surface area contributed by atoms with Crippen LogP contribution in [0.15, 0.2) is 11.4 Å². The monoisotopic (exact) mass is 290 g/mol. The van der Waals surface area contributed by atoms with Crippen LogP contribution in [0.25, 0.3) is 0 Å². The quantitative estimate of drug-likeness (QED) is 0.861. The Bertz CT molecular complexity index is 518. The van der Waals surface area contributed by atoms with E-state index in [0.29, 0.717) is 11.3 Å². The molecule has 1 aromatic rings. The molecule has 1 spiro atoms. The fourth-order valence-corrected chi connectivity index (χ4v) is 5.22. The third-order valence-corrected chi connectivity index (χ3v) is 6.43. The minimum Gasteiger partial charge on any atom is -0.342 e. The van der Waals surface area contributed by atoms with Crippen LogP contribution in [-0.4, -0.2) is 37.0 Å². The number of rotatable bonds is 1. The van der Waals surface area contributed by atoms with Crippen LogP contribution in [0.5, 0.6) is 0 Å². The van der Waals surface area contributed by atoms with Gasteiger partial charge in [-0.05, 0) is 55.7 Å². The standard InChI is InChI=1S/C16H22N2OS/c19-15(13-2-1-3-14-12(13)4-9-20-14)18-8-6-16(11-18)5-7-17-10-16/h4,9,13,17H,1-3,5-8,10-11H2. The Balaban J connectivity index is 1.52. The number of likely N-dealkylation sites (tertiary alicyclic amines) is 1. The molecule has 0 aromatic carbocycles. The normalized spacial score (nSPS) is 32.8. The third kappa shape index (κ3) is 2.01. The molecule has 2 fully saturated rings. The molecular formula is C16H22N2OS. The highest BCUT2D eigenvalue weighted by Crippen LogP contribution is 2.40. The first-order valence-electron chi connectivity index (χ1n) is 7.83. The fraction of sp³-hybridized carbons (Fsp3) is 0.688. The fourth-order valence-electron chi connectivity index (χ4n) is 4.23. The van der Waals surface area contributed by atoms with Crippen LogP contribution in [0.2, 0.25) is 0 Å². The molecule has 108 valence electrons. The van der Waals surface area contributed by atoms with E-state index < -0.39 is 0 Å². The van der Waals surface area contributed by atoms with Crippen molar-refractivity contribution in [3.05, 3.63) is 21.9 Å². The van der Waals surface area contributed by atoms with E-state index in [4.69, 9.17) is 0 Å². The number of thiophene rings is 1. The number of carbonyl (C=O) groups excluding carboxylic acids is 1. The summed E-state index contributed by atoms with van der Waals surface area (Å²) in [7, 11) is 0. The maximum absolute atomic E-state index is 12.9. The molecular weight excluding hydrogens is 268 g/mol. The number of fused-ring (bicyclic) bond motifs is 1. The van der Waals surface area contributed by atoms with Crippen molar-refractivity contribution in [1.82, 2.24) is 10.2 Å². The van der Waals surface area contributed by atoms with Gasteiger partial charge < -0.3 is 10.2 Å². The molecule has 3 aliphatic rings. The first-order valence-corrected chi connectivity index (χ1v) is 8.71. The molecule has 1 aliphatic carbocycles. The van der Waals surface area contributed by atoms with Gasteiger partial charge in [0.05, 0.1) is 5.92 Å². The highest BCUT2D eigenvalue weighted by Gasteiger charge is 2.43. The molecule has 20 heavy (non-hydrogen) atoms. The topological polar surface area (TPSA) is 32.3 Å². The van der Waals surface area contributed by atoms with Gasteiger partial charge in [-0.1, -0.05) is 0 Å². The second kappa shape index (κ2) is 4.85. The minimum atomic E-state index is 0.148. The van der Waals surface area contributed by atoms with E-state index in [9.17, 15) is 4.79 Å². The number of carbonyl (C=O) groups is 1. The molecule has 0 radical (unpaired) electrons. The molecule has 2 atom stereocenters. The van der Waals surface area contributed by atoms with E-state index in [2.05, 4.69) is 21.7 Å². The maximum atomic E-state index is 12.9. The summed E-state index contributed by atoms with van der Waals surface area (Å²) in [4.78, 5) is 16.5. The zero-order valence-corrected chi connectivity index (χ0v) is 12.7. The number of nitrogens with one attached hydrogen (secondary N) is 1. The molecule has 2 unspecified atom stereocenters. The van der Waals surface area contributed by atoms with Crippen molar-refractivity contribution in [2.24, 2.45) is 5.41 Å². The van der Waals surface area contributed by atoms with Gasteiger partial charge in [-0.15, -0.1) is 11.3 Å². The Labute approximate surface area is 124 Å². The van der Waals surface area contributed by atoms with Gasteiger partial charge in [0.15, 0.2) is 0 Å². The first kappa shape index (κ1) is 12.8. The number of aryl methyl sites for hydroxylation is 1. The Morgan fingerprint density at radius 2 is 2.40 bits per heavy atom. The van der Waals surface area contributed by atoms with E-state index in [0.717, 1.165) is 32.6 Å². The summed E-state index contributed by atoms with van der Waals surface area (Å²) in [5.41, 5.74) is 1.72. The third-order valence-electron chi connectivity index (χ3n) is 5.43. The van der Waals surface area contributed by atoms with Crippen molar-refractivity contribution in [2.45, 2.75) is 38.0 Å². The highest BCUT2D eigenvalue weighted by molar-refractivity contribution is 7.10. The van der Waals surface area contributed by atoms with Gasteiger partial charge in [-0.3, -0.25) is 4.79 Å². The van der Waals surface area contributed by atoms with Crippen molar-refractivity contribution in [3.63, 3.8) is 0 Å². The number of amides is 1. The lowest BCUT2D eigenvalue weighted by Crippen LogP contribution is -2.37. The van der Waals surface area contributed by atoms with Crippen LogP contribution in [0, 0.1) is 5.41 Å². The molecule has 4 rings (SSSR count). The van der Waals surface area contributed by atoms with Gasteiger partial charge >= 0.3 is 0 Å². The van der Waals surface area contributed by atoms with Gasteiger partial charge in [0.2, 0.25) is 5.91 Å². The molecule has 3 nitrogen and oxygen atoms in total. The van der Waals surface area contributed by atoms with E-state index in [1.54, 1.807) is 0 Å². The van der Waals surface area contributed by atoms with E-state index in [1.165, 1.54) is 36.1 Å². The van der Waals surface area contributed by atoms with Crippen molar-refractivity contribution in [2.75, 3.05) is 26.2 Å². The smallest absolute Gasteiger partial charge is 0.230 e. The average Bonchev–Trinajstić information content (AvgIpc) is 3.19. The first-order chi connectivity index (χ1) is 9.77. The Morgan fingerprint density at radius 3 is 3.25 bits per heavy atom. The molecule has 1 amide bonds. The summed E-state index contributed by atoms with van der Waals surface area (Å²) in [5.74, 6) is 0.544. The minimum absolute atomic E-state index is 0.148. The summed E-state index contributed by atoms with van der Waals surface area (Å²) in [6.07, 6.45) is 5.82. The van der Waals surface area contributed by atoms with Crippen LogP contribution >= 0.6 is 11.3 Å². The maximum Gasteiger partial charge on any atom is 0.230 e. The predicted octanol–water partition coefficient (Wildman–Crippen LogP) is 2.38. The highest BCUT2D eigenvalue weighted by atomic mass is 32.1. The number of nitrogens with zero attached hydrogens (tertiary/aromatic N) is 1. The van der Waals surface area contributed by atoms with E-state index in [-0.39, 0.29) is 5.92 Å². The SMILES string of the molecule is O=C(C1CCCc2sccc21)N1CCC2(CCNC2)C1. The van der Waals surface area contributed by atoms with Gasteiger partial charge in [0, 0.05) is 29.9 Å². The van der Waals surface area contributed by atoms with Gasteiger partial charge in [0.1, 0.15) is 0 Å². The van der Waals surface area contributed by atoms with Crippen LogP contribution in [0.4, 0.5) is 0 Å². The number of hydrogen-bond donors (Lipinski definition) is 1. The lowest BCUT2D eigenvalue weighted by Gasteiger charge is -2.28. The van der Waals surface area contributed by atoms with Crippen molar-refractivity contribution < 1.29 is 4.79 Å². The summed E-state index contributed by atoms with van der Waals surface area (Å²) >= 11 is 1.83. The average molecular weight is 290 g/mol. The molecule has 2 aliphatic heterocycles. The largest absolute Gasteiger partial charge is 0.342 e. The second-order valence-corrected chi connectivity index (χ2v) is 7.68. The molecule has 0 bridgehead atoms. The molecule has 0 saturated carbocycles. The molecule has 1 aromatic heterocycles. The van der Waals surface area contributed by atoms with Gasteiger partial charge in [0.25, 0.3) is 0 Å². The van der Waals surface area contributed by atoms with Crippen LogP contribution < -0.4 is 5.32 Å². The van der Waals surface area contributed by atoms with Crippen LogP contribution in [0.3, 0.4) is 0 Å². The van der Waals surface area contributed by atoms with Gasteiger partial charge in [-0.25, -0.2) is 0 Å². The lowest BCUT2D eigenvalue weighted by molar-refractivity contribution is -0.132. The van der Waals surface area contributed by atoms with Crippen molar-refractivity contribution >= 4 is 17.2 Å². The summed E-state index contributed by atoms with van der Waals surface area (Å²) in [6, 6.07) is 2.19. The summed E-state index contributed by atoms with van der Waals surface area (Å²) in [5, 5.41) is 5.62. The molecule has 2 saturated heterocycles. The molecule has 3 heterocycles. The summed E-state index contributed by atoms with van der Waals surface area (Å²) < 4.78 is 0. The zero-order valence-electron chi connectivity index (χ0n) is 11.9. The van der Waals surface area contributed by atoms with E-state index in [1.807, 2.05) is 11.3 Å². The summed E-state index contributed by atoms with van der Waals surface area (Å²) in [6.45, 7) is 4.18. The van der Waals surface area contributed by atoms with Crippen molar-refractivity contribution in [1.29, 1.82) is 0 Å². The molecule has 4 heteroatoms.